The molecule has 0 spiro atoms. The third kappa shape index (κ3) is 5.16. The van der Waals surface area contributed by atoms with Crippen LogP contribution in [0.5, 0.6) is 0 Å². The third-order valence-electron chi connectivity index (χ3n) is 5.38. The topological polar surface area (TPSA) is 66.5 Å². The smallest absolute Gasteiger partial charge is 0.241 e. The van der Waals surface area contributed by atoms with E-state index in [1.54, 1.807) is 0 Å². The Morgan fingerprint density at radius 1 is 1.10 bits per heavy atom. The van der Waals surface area contributed by atoms with E-state index in [2.05, 4.69) is 17.4 Å². The van der Waals surface area contributed by atoms with Crippen molar-refractivity contribution >= 4 is 21.6 Å². The van der Waals surface area contributed by atoms with Gasteiger partial charge in [0.2, 0.25) is 15.9 Å². The molecule has 1 amide bonds. The lowest BCUT2D eigenvalue weighted by Gasteiger charge is -2.25. The van der Waals surface area contributed by atoms with Crippen LogP contribution < -0.4 is 9.62 Å². The van der Waals surface area contributed by atoms with Crippen LogP contribution in [0, 0.1) is 11.6 Å². The number of hydrogen-bond acceptors (Lipinski definition) is 3. The van der Waals surface area contributed by atoms with Crippen molar-refractivity contribution in [2.75, 3.05) is 17.1 Å². The van der Waals surface area contributed by atoms with Gasteiger partial charge in [-0.05, 0) is 60.9 Å². The maximum absolute atomic E-state index is 14.2. The Bertz CT molecular complexity index is 1040. The molecule has 1 aliphatic carbocycles. The summed E-state index contributed by atoms with van der Waals surface area (Å²) < 4.78 is 52.4. The predicted octanol–water partition coefficient (Wildman–Crippen LogP) is 3.88. The summed E-state index contributed by atoms with van der Waals surface area (Å²) in [5.74, 6) is -2.43. The molecule has 162 valence electrons. The number of anilines is 1. The molecule has 0 bridgehead atoms. The highest BCUT2D eigenvalue weighted by Gasteiger charge is 2.25. The number of carbonyl (C=O) groups excluding carboxylic acids is 1. The van der Waals surface area contributed by atoms with Crippen LogP contribution in [0.25, 0.3) is 0 Å². The number of hydrogen-bond donors (Lipinski definition) is 1. The van der Waals surface area contributed by atoms with Crippen molar-refractivity contribution in [1.82, 2.24) is 5.32 Å². The average molecular weight is 437 g/mol. The van der Waals surface area contributed by atoms with Gasteiger partial charge in [0.05, 0.1) is 18.0 Å². The Morgan fingerprint density at radius 2 is 1.80 bits per heavy atom. The van der Waals surface area contributed by atoms with Gasteiger partial charge in [0, 0.05) is 6.07 Å². The van der Waals surface area contributed by atoms with Crippen LogP contribution in [0.4, 0.5) is 14.5 Å². The number of aryl methyl sites for hydroxylation is 2. The SMILES string of the molecule is CC[C@@H](NC(=O)CN(c1ccc(F)cc1F)S(C)(=O)=O)c1ccc2c(c1)CCCC2. The normalized spacial score (nSPS) is 14.7. The van der Waals surface area contributed by atoms with E-state index in [0.29, 0.717) is 16.8 Å². The van der Waals surface area contributed by atoms with Crippen molar-refractivity contribution in [2.24, 2.45) is 0 Å². The van der Waals surface area contributed by atoms with Crippen molar-refractivity contribution in [3.63, 3.8) is 0 Å². The fourth-order valence-electron chi connectivity index (χ4n) is 3.83. The highest BCUT2D eigenvalue weighted by molar-refractivity contribution is 7.92. The minimum atomic E-state index is -3.96. The molecule has 0 fully saturated rings. The fraction of sp³-hybridized carbons (Fsp3) is 0.409. The Hall–Kier alpha value is -2.48. The zero-order chi connectivity index (χ0) is 21.9. The van der Waals surface area contributed by atoms with Crippen LogP contribution in [-0.4, -0.2) is 27.1 Å². The lowest BCUT2D eigenvalue weighted by atomic mass is 9.89. The van der Waals surface area contributed by atoms with E-state index < -0.39 is 34.1 Å². The second-order valence-corrected chi connectivity index (χ2v) is 9.54. The molecule has 3 rings (SSSR count). The largest absolute Gasteiger partial charge is 0.348 e. The van der Waals surface area contributed by atoms with Crippen molar-refractivity contribution in [1.29, 1.82) is 0 Å². The van der Waals surface area contributed by atoms with Crippen LogP contribution in [-0.2, 0) is 27.7 Å². The summed E-state index contributed by atoms with van der Waals surface area (Å²) in [7, 11) is -3.96. The first-order valence-corrected chi connectivity index (χ1v) is 11.9. The van der Waals surface area contributed by atoms with Gasteiger partial charge in [-0.25, -0.2) is 17.2 Å². The lowest BCUT2D eigenvalue weighted by molar-refractivity contribution is -0.120. The molecule has 0 saturated heterocycles. The van der Waals surface area contributed by atoms with Crippen LogP contribution in [0.15, 0.2) is 36.4 Å². The van der Waals surface area contributed by atoms with Crippen molar-refractivity contribution in [3.8, 4) is 0 Å². The number of amides is 1. The molecule has 0 unspecified atom stereocenters. The monoisotopic (exact) mass is 436 g/mol. The van der Waals surface area contributed by atoms with Crippen molar-refractivity contribution in [3.05, 3.63) is 64.7 Å². The summed E-state index contributed by atoms with van der Waals surface area (Å²) in [6.45, 7) is 1.33. The van der Waals surface area contributed by atoms with Gasteiger partial charge in [-0.3, -0.25) is 9.10 Å². The molecule has 1 atom stereocenters. The number of sulfonamides is 1. The molecule has 0 aliphatic heterocycles. The van der Waals surface area contributed by atoms with Gasteiger partial charge < -0.3 is 5.32 Å². The first-order chi connectivity index (χ1) is 14.2. The fourth-order valence-corrected chi connectivity index (χ4v) is 4.68. The number of nitrogens with zero attached hydrogens (tertiary/aromatic N) is 1. The van der Waals surface area contributed by atoms with Crippen molar-refractivity contribution < 1.29 is 22.0 Å². The number of halogens is 2. The summed E-state index contributed by atoms with van der Waals surface area (Å²) in [6.07, 6.45) is 5.90. The molecule has 0 saturated carbocycles. The molecule has 1 aliphatic rings. The first-order valence-electron chi connectivity index (χ1n) is 10.0. The highest BCUT2D eigenvalue weighted by atomic mass is 32.2. The molecule has 2 aromatic rings. The van der Waals surface area contributed by atoms with Crippen molar-refractivity contribution in [2.45, 2.75) is 45.1 Å². The molecule has 1 N–H and O–H groups in total. The van der Waals surface area contributed by atoms with E-state index in [9.17, 15) is 22.0 Å². The Balaban J connectivity index is 1.78. The zero-order valence-corrected chi connectivity index (χ0v) is 17.9. The van der Waals surface area contributed by atoms with E-state index >= 15 is 0 Å². The number of rotatable bonds is 7. The summed E-state index contributed by atoms with van der Waals surface area (Å²) >= 11 is 0. The number of benzene rings is 2. The first kappa shape index (κ1) is 22.2. The van der Waals surface area contributed by atoms with Crippen LogP contribution >= 0.6 is 0 Å². The minimum absolute atomic E-state index is 0.288. The van der Waals surface area contributed by atoms with E-state index in [0.717, 1.165) is 43.2 Å². The van der Waals surface area contributed by atoms with Crippen LogP contribution in [0.3, 0.4) is 0 Å². The molecule has 0 heterocycles. The van der Waals surface area contributed by atoms with Gasteiger partial charge in [-0.15, -0.1) is 0 Å². The Morgan fingerprint density at radius 3 is 2.43 bits per heavy atom. The summed E-state index contributed by atoms with van der Waals surface area (Å²) in [6, 6.07) is 8.46. The molecule has 0 aromatic heterocycles. The number of fused-ring (bicyclic) bond motifs is 1. The molecule has 2 aromatic carbocycles. The minimum Gasteiger partial charge on any atom is -0.348 e. The second kappa shape index (κ2) is 9.12. The van der Waals surface area contributed by atoms with E-state index in [4.69, 9.17) is 0 Å². The van der Waals surface area contributed by atoms with Crippen LogP contribution in [0.1, 0.15) is 48.9 Å². The quantitative estimate of drug-likeness (QED) is 0.716. The molecule has 8 heteroatoms. The van der Waals surface area contributed by atoms with Gasteiger partial charge >= 0.3 is 0 Å². The maximum Gasteiger partial charge on any atom is 0.241 e. The van der Waals surface area contributed by atoms with Gasteiger partial charge in [0.25, 0.3) is 0 Å². The highest BCUT2D eigenvalue weighted by Crippen LogP contribution is 2.27. The van der Waals surface area contributed by atoms with Gasteiger partial charge in [-0.1, -0.05) is 25.1 Å². The summed E-state index contributed by atoms with van der Waals surface area (Å²) in [5, 5.41) is 2.85. The molecular weight excluding hydrogens is 410 g/mol. The standard InChI is InChI=1S/C22H26F2N2O3S/c1-3-20(17-9-8-15-6-4-5-7-16(15)12-17)25-22(27)14-26(30(2,28)29)21-11-10-18(23)13-19(21)24/h8-13,20H,3-7,14H2,1-2H3,(H,25,27)/t20-/m1/s1. The van der Waals surface area contributed by atoms with Crippen LogP contribution in [0.2, 0.25) is 0 Å². The Labute approximate surface area is 176 Å². The van der Waals surface area contributed by atoms with E-state index in [1.807, 2.05) is 13.0 Å². The van der Waals surface area contributed by atoms with Gasteiger partial charge in [0.15, 0.2) is 0 Å². The maximum atomic E-state index is 14.2. The zero-order valence-electron chi connectivity index (χ0n) is 17.1. The van der Waals surface area contributed by atoms with E-state index in [1.165, 1.54) is 17.5 Å². The summed E-state index contributed by atoms with van der Waals surface area (Å²) in [4.78, 5) is 12.7. The summed E-state index contributed by atoms with van der Waals surface area (Å²) in [5.41, 5.74) is 3.22. The lowest BCUT2D eigenvalue weighted by Crippen LogP contribution is -2.42. The second-order valence-electron chi connectivity index (χ2n) is 7.63. The average Bonchev–Trinajstić information content (AvgIpc) is 2.69. The third-order valence-corrected chi connectivity index (χ3v) is 6.51. The van der Waals surface area contributed by atoms with Gasteiger partial charge in [0.1, 0.15) is 18.2 Å². The molecule has 5 nitrogen and oxygen atoms in total. The molecule has 30 heavy (non-hydrogen) atoms. The van der Waals surface area contributed by atoms with E-state index in [-0.39, 0.29) is 11.7 Å². The Kier molecular flexibility index (Phi) is 6.75. The van der Waals surface area contributed by atoms with Gasteiger partial charge in [-0.2, -0.15) is 0 Å². The predicted molar refractivity (Wildman–Crippen MR) is 113 cm³/mol. The number of nitrogens with one attached hydrogen (secondary N) is 1. The number of carbonyl (C=O) groups is 1. The molecule has 0 radical (unpaired) electrons. The molecular formula is C22H26F2N2O3S.